The van der Waals surface area contributed by atoms with Crippen molar-refractivity contribution in [2.75, 3.05) is 0 Å². The van der Waals surface area contributed by atoms with Crippen molar-refractivity contribution in [1.29, 1.82) is 0 Å². The van der Waals surface area contributed by atoms with Gasteiger partial charge >= 0.3 is 7.69 Å². The van der Waals surface area contributed by atoms with Gasteiger partial charge in [-0.15, -0.1) is 0 Å². The summed E-state index contributed by atoms with van der Waals surface area (Å²) in [5.41, 5.74) is 0. The SMILES string of the molecule is Oc1ccc2cc(OBOc3ccc4cc(O)ccc4c3)ccc2c1. The van der Waals surface area contributed by atoms with Gasteiger partial charge in [0.25, 0.3) is 0 Å². The maximum absolute atomic E-state index is 9.49. The summed E-state index contributed by atoms with van der Waals surface area (Å²) >= 11 is 0. The topological polar surface area (TPSA) is 58.9 Å². The molecule has 0 saturated heterocycles. The van der Waals surface area contributed by atoms with E-state index in [1.54, 1.807) is 24.3 Å². The minimum Gasteiger partial charge on any atom is -0.529 e. The van der Waals surface area contributed by atoms with Crippen LogP contribution < -0.4 is 9.31 Å². The third-order valence-electron chi connectivity index (χ3n) is 4.04. The molecule has 0 radical (unpaired) electrons. The fraction of sp³-hybridized carbons (Fsp3) is 0. The van der Waals surface area contributed by atoms with Crippen molar-refractivity contribution in [2.24, 2.45) is 0 Å². The first-order chi connectivity index (χ1) is 12.2. The van der Waals surface area contributed by atoms with Crippen LogP contribution in [0.3, 0.4) is 0 Å². The normalized spacial score (nSPS) is 10.7. The Balaban J connectivity index is 1.45. The Hall–Kier alpha value is -3.34. The van der Waals surface area contributed by atoms with Crippen LogP contribution in [-0.2, 0) is 0 Å². The van der Waals surface area contributed by atoms with Crippen molar-refractivity contribution in [3.63, 3.8) is 0 Å². The zero-order valence-electron chi connectivity index (χ0n) is 13.3. The van der Waals surface area contributed by atoms with Crippen LogP contribution in [0.4, 0.5) is 0 Å². The molecule has 0 heterocycles. The third-order valence-corrected chi connectivity index (χ3v) is 4.04. The molecule has 0 aromatic heterocycles. The van der Waals surface area contributed by atoms with Crippen LogP contribution in [-0.4, -0.2) is 17.9 Å². The van der Waals surface area contributed by atoms with Crippen molar-refractivity contribution >= 4 is 29.2 Å². The molecule has 4 aromatic carbocycles. The molecule has 4 aromatic rings. The van der Waals surface area contributed by atoms with Gasteiger partial charge in [-0.25, -0.2) is 0 Å². The first-order valence-electron chi connectivity index (χ1n) is 7.88. The summed E-state index contributed by atoms with van der Waals surface area (Å²) in [6.45, 7) is 0. The Morgan fingerprint density at radius 1 is 0.520 bits per heavy atom. The standard InChI is InChI=1S/C20H15BO4/c22-17-5-1-15-11-19(7-3-13(15)9-17)24-21-25-20-8-4-14-10-18(23)6-2-16(14)12-20/h1-12,21-23H. The van der Waals surface area contributed by atoms with Gasteiger partial charge in [-0.1, -0.05) is 24.3 Å². The predicted molar refractivity (Wildman–Crippen MR) is 99.6 cm³/mol. The highest BCUT2D eigenvalue weighted by Crippen LogP contribution is 2.26. The Morgan fingerprint density at radius 3 is 1.40 bits per heavy atom. The predicted octanol–water partition coefficient (Wildman–Crippen LogP) is 4.13. The Bertz CT molecular complexity index is 977. The van der Waals surface area contributed by atoms with Gasteiger partial charge in [0, 0.05) is 0 Å². The number of rotatable bonds is 4. The van der Waals surface area contributed by atoms with Gasteiger partial charge in [0.1, 0.15) is 23.0 Å². The minimum atomic E-state index is 0.0905. The molecule has 122 valence electrons. The van der Waals surface area contributed by atoms with Crippen LogP contribution in [0.25, 0.3) is 21.5 Å². The summed E-state index contributed by atoms with van der Waals surface area (Å²) in [6, 6.07) is 21.7. The second-order valence-corrected chi connectivity index (χ2v) is 5.79. The van der Waals surface area contributed by atoms with E-state index in [0.29, 0.717) is 11.5 Å². The average molecular weight is 330 g/mol. The van der Waals surface area contributed by atoms with Crippen molar-refractivity contribution in [3.05, 3.63) is 72.8 Å². The van der Waals surface area contributed by atoms with Gasteiger partial charge in [0.05, 0.1) is 0 Å². The quantitative estimate of drug-likeness (QED) is 0.553. The van der Waals surface area contributed by atoms with Crippen LogP contribution in [0.15, 0.2) is 72.8 Å². The molecule has 0 aliphatic rings. The molecule has 2 N–H and O–H groups in total. The van der Waals surface area contributed by atoms with Gasteiger partial charge < -0.3 is 19.5 Å². The maximum Gasteiger partial charge on any atom is 0.576 e. The number of aromatic hydroxyl groups is 2. The molecule has 0 aliphatic heterocycles. The molecular weight excluding hydrogens is 315 g/mol. The van der Waals surface area contributed by atoms with Gasteiger partial charge in [0.15, 0.2) is 0 Å². The Kier molecular flexibility index (Phi) is 3.82. The fourth-order valence-electron chi connectivity index (χ4n) is 2.77. The van der Waals surface area contributed by atoms with Crippen molar-refractivity contribution < 1.29 is 19.5 Å². The lowest BCUT2D eigenvalue weighted by atomic mass is 10.1. The van der Waals surface area contributed by atoms with E-state index in [1.807, 2.05) is 48.5 Å². The number of benzene rings is 4. The van der Waals surface area contributed by atoms with Crippen molar-refractivity contribution in [2.45, 2.75) is 0 Å². The van der Waals surface area contributed by atoms with Crippen LogP contribution in [0.5, 0.6) is 23.0 Å². The smallest absolute Gasteiger partial charge is 0.529 e. The van der Waals surface area contributed by atoms with Crippen LogP contribution in [0, 0.1) is 0 Å². The lowest BCUT2D eigenvalue weighted by Crippen LogP contribution is -2.10. The number of phenolic OH excluding ortho intramolecular Hbond substituents is 2. The van der Waals surface area contributed by atoms with E-state index >= 15 is 0 Å². The van der Waals surface area contributed by atoms with Gasteiger partial charge in [-0.3, -0.25) is 0 Å². The highest BCUT2D eigenvalue weighted by atomic mass is 16.6. The summed E-state index contributed by atoms with van der Waals surface area (Å²) in [5, 5.41) is 22.9. The van der Waals surface area contributed by atoms with E-state index in [1.165, 1.54) is 0 Å². The van der Waals surface area contributed by atoms with E-state index in [4.69, 9.17) is 9.31 Å². The van der Waals surface area contributed by atoms with E-state index in [0.717, 1.165) is 21.5 Å². The van der Waals surface area contributed by atoms with E-state index in [9.17, 15) is 10.2 Å². The van der Waals surface area contributed by atoms with E-state index < -0.39 is 0 Å². The first-order valence-corrected chi connectivity index (χ1v) is 7.88. The largest absolute Gasteiger partial charge is 0.576 e. The highest BCUT2D eigenvalue weighted by Gasteiger charge is 2.03. The zero-order chi connectivity index (χ0) is 17.2. The molecule has 0 spiro atoms. The zero-order valence-corrected chi connectivity index (χ0v) is 13.3. The number of hydrogen-bond acceptors (Lipinski definition) is 4. The van der Waals surface area contributed by atoms with Crippen molar-refractivity contribution in [1.82, 2.24) is 0 Å². The number of hydrogen-bond donors (Lipinski definition) is 2. The average Bonchev–Trinajstić information content (AvgIpc) is 2.62. The van der Waals surface area contributed by atoms with E-state index in [2.05, 4.69) is 0 Å². The lowest BCUT2D eigenvalue weighted by Gasteiger charge is -2.09. The Morgan fingerprint density at radius 2 is 0.920 bits per heavy atom. The molecule has 4 nitrogen and oxygen atoms in total. The van der Waals surface area contributed by atoms with Crippen molar-refractivity contribution in [3.8, 4) is 23.0 Å². The molecule has 5 heteroatoms. The highest BCUT2D eigenvalue weighted by molar-refractivity contribution is 6.21. The first kappa shape index (κ1) is 15.2. The molecule has 0 saturated carbocycles. The van der Waals surface area contributed by atoms with Gasteiger partial charge in [-0.05, 0) is 70.1 Å². The minimum absolute atomic E-state index is 0.0905. The second-order valence-electron chi connectivity index (χ2n) is 5.79. The number of fused-ring (bicyclic) bond motifs is 2. The molecule has 0 bridgehead atoms. The fourth-order valence-corrected chi connectivity index (χ4v) is 2.77. The van der Waals surface area contributed by atoms with Gasteiger partial charge in [-0.2, -0.15) is 0 Å². The maximum atomic E-state index is 9.49. The van der Waals surface area contributed by atoms with Crippen LogP contribution in [0.2, 0.25) is 0 Å². The van der Waals surface area contributed by atoms with Gasteiger partial charge in [0.2, 0.25) is 0 Å². The molecule has 0 atom stereocenters. The van der Waals surface area contributed by atoms with E-state index in [-0.39, 0.29) is 19.2 Å². The molecule has 0 amide bonds. The molecule has 0 aliphatic carbocycles. The summed E-state index contributed by atoms with van der Waals surface area (Å²) in [5.74, 6) is 1.89. The monoisotopic (exact) mass is 330 g/mol. The Labute approximate surface area is 145 Å². The molecule has 4 rings (SSSR count). The second kappa shape index (κ2) is 6.28. The van der Waals surface area contributed by atoms with Crippen LogP contribution >= 0.6 is 0 Å². The third kappa shape index (κ3) is 3.31. The molecule has 0 unspecified atom stereocenters. The summed E-state index contributed by atoms with van der Waals surface area (Å²) in [7, 11) is 0.0905. The molecular formula is C20H15BO4. The summed E-state index contributed by atoms with van der Waals surface area (Å²) in [6.07, 6.45) is 0. The molecule has 0 fully saturated rings. The molecule has 25 heavy (non-hydrogen) atoms. The van der Waals surface area contributed by atoms with Crippen LogP contribution in [0.1, 0.15) is 0 Å². The number of phenols is 2. The summed E-state index contributed by atoms with van der Waals surface area (Å²) in [4.78, 5) is 0. The summed E-state index contributed by atoms with van der Waals surface area (Å²) < 4.78 is 11.3. The lowest BCUT2D eigenvalue weighted by molar-refractivity contribution is 0.459.